The fraction of sp³-hybridized carbons (Fsp3) is 0.111. The Balaban J connectivity index is 2.27. The molecule has 0 radical (unpaired) electrons. The lowest BCUT2D eigenvalue weighted by molar-refractivity contribution is 0.358. The zero-order valence-electron chi connectivity index (χ0n) is 14.5. The van der Waals surface area contributed by atoms with Gasteiger partial charge in [0.2, 0.25) is 5.96 Å². The highest BCUT2D eigenvalue weighted by Crippen LogP contribution is 2.43. The van der Waals surface area contributed by atoms with Crippen LogP contribution in [0.1, 0.15) is 22.7 Å². The summed E-state index contributed by atoms with van der Waals surface area (Å²) < 4.78 is 5.72. The molecule has 6 N–H and O–H groups in total. The lowest BCUT2D eigenvalue weighted by Gasteiger charge is -2.27. The van der Waals surface area contributed by atoms with Gasteiger partial charge in [-0.3, -0.25) is 5.32 Å². The summed E-state index contributed by atoms with van der Waals surface area (Å²) in [6.45, 7) is 3.90. The van der Waals surface area contributed by atoms with Crippen LogP contribution in [0.4, 0.5) is 17.3 Å². The molecule has 10 heteroatoms. The number of hydrogen-bond donors (Lipinski definition) is 4. The van der Waals surface area contributed by atoms with Crippen LogP contribution in [0.3, 0.4) is 0 Å². The summed E-state index contributed by atoms with van der Waals surface area (Å²) in [4.78, 5) is 8.71. The number of ether oxygens (including phenoxy) is 1. The van der Waals surface area contributed by atoms with E-state index in [1.165, 1.54) is 0 Å². The van der Waals surface area contributed by atoms with Crippen molar-refractivity contribution in [1.29, 1.82) is 10.5 Å². The number of nitrogen functional groups attached to an aromatic ring is 2. The molecule has 0 aliphatic carbocycles. The molecule has 3 rings (SSSR count). The molecule has 0 spiro atoms. The van der Waals surface area contributed by atoms with E-state index in [0.717, 1.165) is 0 Å². The maximum absolute atomic E-state index is 9.39. The fourth-order valence-electron chi connectivity index (χ4n) is 2.82. The second-order valence-electron chi connectivity index (χ2n) is 5.68. The number of rotatable bonds is 4. The van der Waals surface area contributed by atoms with Crippen LogP contribution >= 0.6 is 11.6 Å². The van der Waals surface area contributed by atoms with Gasteiger partial charge in [-0.15, -0.1) is 0 Å². The van der Waals surface area contributed by atoms with Crippen molar-refractivity contribution in [3.63, 3.8) is 0 Å². The molecule has 0 fully saturated rings. The molecule has 0 amide bonds. The van der Waals surface area contributed by atoms with Gasteiger partial charge in [-0.2, -0.15) is 10.5 Å². The first-order valence-corrected chi connectivity index (χ1v) is 8.40. The third-order valence-corrected chi connectivity index (χ3v) is 4.22. The van der Waals surface area contributed by atoms with Gasteiger partial charge in [0, 0.05) is 16.1 Å². The smallest absolute Gasteiger partial charge is 0.211 e. The average molecular weight is 395 g/mol. The van der Waals surface area contributed by atoms with Gasteiger partial charge in [0.05, 0.1) is 5.69 Å². The molecular formula is C18H15ClN8O. The molecule has 1 unspecified atom stereocenters. The Morgan fingerprint density at radius 3 is 2.86 bits per heavy atom. The lowest BCUT2D eigenvalue weighted by Crippen LogP contribution is -2.33. The molecule has 1 aliphatic heterocycles. The van der Waals surface area contributed by atoms with E-state index in [1.54, 1.807) is 30.5 Å². The van der Waals surface area contributed by atoms with Crippen LogP contribution in [0.5, 0.6) is 5.75 Å². The SMILES string of the molecule is C=CCOc1ccc(Cl)cc1C1N=C(NC#N)Nc2nc(N)c(C#N)c(N)c21. The molecule has 1 aromatic heterocycles. The van der Waals surface area contributed by atoms with E-state index in [4.69, 9.17) is 33.1 Å². The predicted molar refractivity (Wildman–Crippen MR) is 107 cm³/mol. The van der Waals surface area contributed by atoms with Crippen LogP contribution in [-0.4, -0.2) is 17.6 Å². The number of nitrogens with zero attached hydrogens (tertiary/aromatic N) is 4. The normalized spacial score (nSPS) is 14.5. The van der Waals surface area contributed by atoms with Crippen LogP contribution in [0.25, 0.3) is 0 Å². The van der Waals surface area contributed by atoms with Gasteiger partial charge < -0.3 is 21.5 Å². The van der Waals surface area contributed by atoms with E-state index in [0.29, 0.717) is 21.9 Å². The monoisotopic (exact) mass is 394 g/mol. The topological polar surface area (TPSA) is 158 Å². The molecule has 28 heavy (non-hydrogen) atoms. The number of pyridine rings is 1. The third-order valence-electron chi connectivity index (χ3n) is 3.98. The predicted octanol–water partition coefficient (Wildman–Crippen LogP) is 2.28. The Hall–Kier alpha value is -3.95. The van der Waals surface area contributed by atoms with Crippen LogP contribution in [0, 0.1) is 22.8 Å². The number of fused-ring (bicyclic) bond motifs is 1. The van der Waals surface area contributed by atoms with Crippen molar-refractivity contribution in [3.05, 3.63) is 52.6 Å². The van der Waals surface area contributed by atoms with Gasteiger partial charge >= 0.3 is 0 Å². The third kappa shape index (κ3) is 3.34. The number of benzene rings is 1. The molecule has 140 valence electrons. The lowest BCUT2D eigenvalue weighted by atomic mass is 9.94. The number of nitrogens with one attached hydrogen (secondary N) is 2. The van der Waals surface area contributed by atoms with Crippen molar-refractivity contribution in [2.75, 3.05) is 23.4 Å². The molecular weight excluding hydrogens is 380 g/mol. The molecule has 2 aromatic rings. The number of nitrogens with two attached hydrogens (primary N) is 2. The molecule has 1 aromatic carbocycles. The van der Waals surface area contributed by atoms with E-state index < -0.39 is 6.04 Å². The van der Waals surface area contributed by atoms with Gasteiger partial charge in [-0.25, -0.2) is 9.98 Å². The van der Waals surface area contributed by atoms with Gasteiger partial charge in [-0.1, -0.05) is 24.3 Å². The molecule has 0 bridgehead atoms. The summed E-state index contributed by atoms with van der Waals surface area (Å²) >= 11 is 6.19. The average Bonchev–Trinajstić information content (AvgIpc) is 2.66. The molecule has 1 aliphatic rings. The van der Waals surface area contributed by atoms with Crippen molar-refractivity contribution in [1.82, 2.24) is 10.3 Å². The highest BCUT2D eigenvalue weighted by atomic mass is 35.5. The minimum absolute atomic E-state index is 0.0302. The zero-order valence-corrected chi connectivity index (χ0v) is 15.3. The Morgan fingerprint density at radius 1 is 1.39 bits per heavy atom. The first-order chi connectivity index (χ1) is 13.5. The number of halogens is 1. The minimum Gasteiger partial charge on any atom is -0.489 e. The van der Waals surface area contributed by atoms with E-state index in [2.05, 4.69) is 27.2 Å². The number of anilines is 3. The molecule has 9 nitrogen and oxygen atoms in total. The summed E-state index contributed by atoms with van der Waals surface area (Å²) in [5.74, 6) is 0.890. The van der Waals surface area contributed by atoms with Crippen molar-refractivity contribution in [3.8, 4) is 18.0 Å². The number of nitriles is 2. The van der Waals surface area contributed by atoms with Crippen LogP contribution in [-0.2, 0) is 0 Å². The van der Waals surface area contributed by atoms with Crippen LogP contribution in [0.15, 0.2) is 35.8 Å². The molecule has 2 heterocycles. The Bertz CT molecular complexity index is 1070. The Labute approximate surface area is 165 Å². The van der Waals surface area contributed by atoms with Crippen molar-refractivity contribution in [2.45, 2.75) is 6.04 Å². The van der Waals surface area contributed by atoms with Crippen LogP contribution < -0.4 is 26.8 Å². The maximum Gasteiger partial charge on any atom is 0.211 e. The van der Waals surface area contributed by atoms with Crippen LogP contribution in [0.2, 0.25) is 5.02 Å². The van der Waals surface area contributed by atoms with Crippen molar-refractivity contribution >= 4 is 34.9 Å². The van der Waals surface area contributed by atoms with Crippen molar-refractivity contribution in [2.24, 2.45) is 4.99 Å². The van der Waals surface area contributed by atoms with Gasteiger partial charge in [0.15, 0.2) is 6.19 Å². The summed E-state index contributed by atoms with van der Waals surface area (Å²) in [5, 5.41) is 24.1. The standard InChI is InChI=1S/C18H15ClN8O/c1-2-5-28-12-4-3-9(19)6-10(12)15-13-14(22)11(7-20)16(23)26-17(13)27-18(25-15)24-8-21/h2-4,6,15H,1,5H2,(H6,22,23,24,25,26,27). The molecule has 1 atom stereocenters. The fourth-order valence-corrected chi connectivity index (χ4v) is 3.00. The number of hydrogen-bond acceptors (Lipinski definition) is 9. The molecule has 0 saturated carbocycles. The first kappa shape index (κ1) is 18.8. The summed E-state index contributed by atoms with van der Waals surface area (Å²) in [6.07, 6.45) is 3.40. The second kappa shape index (κ2) is 7.74. The van der Waals surface area contributed by atoms with E-state index in [9.17, 15) is 5.26 Å². The zero-order chi connectivity index (χ0) is 20.3. The highest BCUT2D eigenvalue weighted by Gasteiger charge is 2.31. The Kier molecular flexibility index (Phi) is 5.21. The largest absolute Gasteiger partial charge is 0.489 e. The maximum atomic E-state index is 9.39. The number of guanidine groups is 1. The second-order valence-corrected chi connectivity index (χ2v) is 6.12. The van der Waals surface area contributed by atoms with E-state index in [1.807, 2.05) is 6.07 Å². The summed E-state index contributed by atoms with van der Waals surface area (Å²) in [6, 6.07) is 6.26. The van der Waals surface area contributed by atoms with E-state index >= 15 is 0 Å². The van der Waals surface area contributed by atoms with Gasteiger partial charge in [-0.05, 0) is 18.2 Å². The van der Waals surface area contributed by atoms with Gasteiger partial charge in [0.1, 0.15) is 41.7 Å². The van der Waals surface area contributed by atoms with Crippen molar-refractivity contribution < 1.29 is 4.74 Å². The first-order valence-electron chi connectivity index (χ1n) is 8.02. The number of aromatic nitrogens is 1. The minimum atomic E-state index is -0.745. The highest BCUT2D eigenvalue weighted by molar-refractivity contribution is 6.30. The number of aliphatic imine (C=N–C) groups is 1. The Morgan fingerprint density at radius 2 is 2.18 bits per heavy atom. The quantitative estimate of drug-likeness (QED) is 0.349. The van der Waals surface area contributed by atoms with E-state index in [-0.39, 0.29) is 35.5 Å². The summed E-state index contributed by atoms with van der Waals surface area (Å²) in [5.41, 5.74) is 13.3. The summed E-state index contributed by atoms with van der Waals surface area (Å²) in [7, 11) is 0. The molecule has 0 saturated heterocycles. The van der Waals surface area contributed by atoms with Gasteiger partial charge in [0.25, 0.3) is 0 Å².